The first-order chi connectivity index (χ1) is 5.54. The molecule has 1 aliphatic heterocycles. The number of hydrogen-bond donors (Lipinski definition) is 0. The molecule has 0 atom stereocenters. The average Bonchev–Trinajstić information content (AvgIpc) is 2.30. The van der Waals surface area contributed by atoms with Gasteiger partial charge in [0.05, 0.1) is 0 Å². The van der Waals surface area contributed by atoms with E-state index in [4.69, 9.17) is 0 Å². The van der Waals surface area contributed by atoms with E-state index in [9.17, 15) is 0 Å². The maximum absolute atomic E-state index is 2.65. The quantitative estimate of drug-likeness (QED) is 0.687. The molecule has 0 unspecified atom stereocenters. The minimum atomic E-state index is 0.633. The van der Waals surface area contributed by atoms with E-state index in [1.807, 2.05) is 0 Å². The van der Waals surface area contributed by atoms with Gasteiger partial charge in [-0.1, -0.05) is 0 Å². The van der Waals surface area contributed by atoms with Crippen LogP contribution in [-0.4, -0.2) is 38.9 Å². The molecular weight excluding hydrogens is 333 g/mol. The number of nitrogens with zero attached hydrogens (tertiary/aromatic N) is 2. The summed E-state index contributed by atoms with van der Waals surface area (Å²) in [5, 5.41) is 0. The predicted octanol–water partition coefficient (Wildman–Crippen LogP) is 1.06. The van der Waals surface area contributed by atoms with Crippen molar-refractivity contribution in [2.45, 2.75) is 39.8 Å². The van der Waals surface area contributed by atoms with Crippen molar-refractivity contribution < 1.29 is 20.6 Å². The standard InChI is InChI=1S/C9H18N2.Au/c1-8(2)10-5-6-11(7-10)9(3)4;/h8-9H,5-6H2,1-4H3;. The molecule has 0 N–H and O–H groups in total. The fraction of sp³-hybridized carbons (Fsp3) is 0.889. The summed E-state index contributed by atoms with van der Waals surface area (Å²) in [5.41, 5.74) is 0. The summed E-state index contributed by atoms with van der Waals surface area (Å²) < 4.78 is 1.39. The molecule has 0 aromatic rings. The Morgan fingerprint density at radius 1 is 1.00 bits per heavy atom. The van der Waals surface area contributed by atoms with E-state index in [1.54, 1.807) is 0 Å². The molecule has 0 saturated carbocycles. The van der Waals surface area contributed by atoms with Crippen molar-refractivity contribution in [3.05, 3.63) is 0 Å². The summed E-state index contributed by atoms with van der Waals surface area (Å²) in [6, 6.07) is 1.27. The Morgan fingerprint density at radius 3 is 1.50 bits per heavy atom. The Kier molecular flexibility index (Phi) is 3.68. The van der Waals surface area contributed by atoms with E-state index in [-0.39, 0.29) is 0 Å². The van der Waals surface area contributed by atoms with Crippen molar-refractivity contribution in [2.75, 3.05) is 13.1 Å². The molecule has 0 amide bonds. The van der Waals surface area contributed by atoms with E-state index in [0.29, 0.717) is 12.1 Å². The van der Waals surface area contributed by atoms with Crippen molar-refractivity contribution in [3.63, 3.8) is 0 Å². The fourth-order valence-electron chi connectivity index (χ4n) is 1.45. The van der Waals surface area contributed by atoms with Crippen molar-refractivity contribution in [2.24, 2.45) is 0 Å². The van der Waals surface area contributed by atoms with Gasteiger partial charge in [-0.25, -0.2) is 0 Å². The normalized spacial score (nSPS) is 21.8. The molecule has 0 aromatic carbocycles. The zero-order chi connectivity index (χ0) is 9.30. The van der Waals surface area contributed by atoms with Crippen molar-refractivity contribution in [1.29, 1.82) is 0 Å². The van der Waals surface area contributed by atoms with E-state index in [2.05, 4.69) is 58.1 Å². The summed E-state index contributed by atoms with van der Waals surface area (Å²) in [7, 11) is 0. The summed E-state index contributed by atoms with van der Waals surface area (Å²) in [4.78, 5) is 4.90. The zero-order valence-corrected chi connectivity index (χ0v) is 10.4. The Labute approximate surface area is 87.3 Å². The maximum atomic E-state index is 2.65. The number of hydrogen-bond acceptors (Lipinski definition) is 2. The SMILES string of the molecule is CC(C)N1CCN(C(C)C)[C]1=[Au]. The van der Waals surface area contributed by atoms with E-state index in [0.717, 1.165) is 0 Å². The second-order valence-electron chi connectivity index (χ2n) is 3.81. The monoisotopic (exact) mass is 351 g/mol. The molecule has 1 fully saturated rings. The first-order valence-electron chi connectivity index (χ1n) is 4.56. The van der Waals surface area contributed by atoms with Crippen LogP contribution in [0.15, 0.2) is 0 Å². The molecule has 2 nitrogen and oxygen atoms in total. The molecule has 1 heterocycles. The zero-order valence-electron chi connectivity index (χ0n) is 8.26. The molecule has 0 spiro atoms. The van der Waals surface area contributed by atoms with E-state index in [1.165, 1.54) is 17.1 Å². The predicted molar refractivity (Wildman–Crippen MR) is 48.7 cm³/mol. The van der Waals surface area contributed by atoms with Crippen LogP contribution in [0.25, 0.3) is 0 Å². The molecule has 75 valence electrons. The van der Waals surface area contributed by atoms with Crippen LogP contribution in [0, 0.1) is 0 Å². The van der Waals surface area contributed by atoms with Crippen LogP contribution >= 0.6 is 0 Å². The van der Waals surface area contributed by atoms with Crippen LogP contribution in [-0.2, 0) is 20.6 Å². The van der Waals surface area contributed by atoms with Gasteiger partial charge in [-0.3, -0.25) is 0 Å². The third-order valence-electron chi connectivity index (χ3n) is 2.26. The molecule has 12 heavy (non-hydrogen) atoms. The Bertz CT molecular complexity index is 159. The van der Waals surface area contributed by atoms with Crippen molar-refractivity contribution >= 4 is 3.97 Å². The van der Waals surface area contributed by atoms with Crippen LogP contribution in [0.5, 0.6) is 0 Å². The average molecular weight is 351 g/mol. The first kappa shape index (κ1) is 10.6. The Hall–Kier alpha value is 0.530. The summed E-state index contributed by atoms with van der Waals surface area (Å²) >= 11 is 2.65. The second kappa shape index (κ2) is 4.16. The van der Waals surface area contributed by atoms with Gasteiger partial charge in [-0.2, -0.15) is 0 Å². The summed E-state index contributed by atoms with van der Waals surface area (Å²) in [5.74, 6) is 0. The molecule has 1 saturated heterocycles. The van der Waals surface area contributed by atoms with Gasteiger partial charge in [0.2, 0.25) is 0 Å². The molecule has 0 aromatic heterocycles. The Morgan fingerprint density at radius 2 is 1.33 bits per heavy atom. The first-order valence-corrected chi connectivity index (χ1v) is 5.64. The van der Waals surface area contributed by atoms with Gasteiger partial charge in [0.25, 0.3) is 0 Å². The molecular formula is C9H18AuN2. The number of rotatable bonds is 2. The van der Waals surface area contributed by atoms with E-state index >= 15 is 0 Å². The molecule has 1 rings (SSSR count). The third-order valence-corrected chi connectivity index (χ3v) is 3.50. The van der Waals surface area contributed by atoms with Gasteiger partial charge < -0.3 is 0 Å². The van der Waals surface area contributed by atoms with Gasteiger partial charge in [0.1, 0.15) is 0 Å². The topological polar surface area (TPSA) is 6.48 Å². The Balaban J connectivity index is 2.61. The second-order valence-corrected chi connectivity index (χ2v) is 4.78. The summed E-state index contributed by atoms with van der Waals surface area (Å²) in [6.07, 6.45) is 0. The van der Waals surface area contributed by atoms with Crippen molar-refractivity contribution in [3.8, 4) is 0 Å². The fourth-order valence-corrected chi connectivity index (χ4v) is 3.05. The van der Waals surface area contributed by atoms with Gasteiger partial charge in [-0.05, 0) is 0 Å². The van der Waals surface area contributed by atoms with Crippen LogP contribution in [0.4, 0.5) is 0 Å². The van der Waals surface area contributed by atoms with E-state index < -0.39 is 0 Å². The van der Waals surface area contributed by atoms with Gasteiger partial charge in [0.15, 0.2) is 0 Å². The third kappa shape index (κ3) is 2.06. The molecule has 1 aliphatic rings. The van der Waals surface area contributed by atoms with Gasteiger partial charge in [0, 0.05) is 0 Å². The molecule has 0 aliphatic carbocycles. The molecule has 0 bridgehead atoms. The van der Waals surface area contributed by atoms with Crippen LogP contribution < -0.4 is 0 Å². The van der Waals surface area contributed by atoms with Gasteiger partial charge in [-0.15, -0.1) is 0 Å². The van der Waals surface area contributed by atoms with Crippen LogP contribution in [0.3, 0.4) is 0 Å². The summed E-state index contributed by atoms with van der Waals surface area (Å²) in [6.45, 7) is 11.4. The van der Waals surface area contributed by atoms with Crippen molar-refractivity contribution in [1.82, 2.24) is 9.80 Å². The minimum absolute atomic E-state index is 0.633. The van der Waals surface area contributed by atoms with Gasteiger partial charge >= 0.3 is 87.2 Å². The van der Waals surface area contributed by atoms with Crippen LogP contribution in [0.2, 0.25) is 0 Å². The van der Waals surface area contributed by atoms with Crippen LogP contribution in [0.1, 0.15) is 27.7 Å². The molecule has 3 heteroatoms. The molecule has 0 radical (unpaired) electrons.